The molecule has 7 heteroatoms. The van der Waals surface area contributed by atoms with Gasteiger partial charge in [0.1, 0.15) is 24.8 Å². The Bertz CT molecular complexity index is 1350. The molecule has 35 heavy (non-hydrogen) atoms. The average Bonchev–Trinajstić information content (AvgIpc) is 2.89. The maximum atomic E-state index is 13.4. The molecular weight excluding hydrogens is 442 g/mol. The molecule has 0 saturated heterocycles. The summed E-state index contributed by atoms with van der Waals surface area (Å²) in [5.41, 5.74) is 3.08. The van der Waals surface area contributed by atoms with Crippen LogP contribution >= 0.6 is 0 Å². The van der Waals surface area contributed by atoms with Gasteiger partial charge in [0.2, 0.25) is 0 Å². The van der Waals surface area contributed by atoms with Crippen LogP contribution in [0.25, 0.3) is 10.9 Å². The molecule has 4 aromatic rings. The van der Waals surface area contributed by atoms with Gasteiger partial charge in [-0.3, -0.25) is 4.79 Å². The summed E-state index contributed by atoms with van der Waals surface area (Å²) in [6, 6.07) is 22.6. The van der Waals surface area contributed by atoms with Gasteiger partial charge in [0.05, 0.1) is 23.7 Å². The van der Waals surface area contributed by atoms with Crippen LogP contribution < -0.4 is 24.8 Å². The summed E-state index contributed by atoms with van der Waals surface area (Å²) in [5, 5.41) is 7.21. The Hall–Kier alpha value is -4.26. The van der Waals surface area contributed by atoms with Crippen LogP contribution in [0.2, 0.25) is 0 Å². The SMILES string of the molecule is CCOc1ccc(Nc2cc(C(=O)NC(C)c3ccc4c(c3)OCCO4)c3ccccc3n2)cc1. The van der Waals surface area contributed by atoms with Crippen LogP contribution in [-0.2, 0) is 0 Å². The summed E-state index contributed by atoms with van der Waals surface area (Å²) >= 11 is 0. The van der Waals surface area contributed by atoms with Crippen molar-refractivity contribution < 1.29 is 19.0 Å². The second kappa shape index (κ2) is 9.93. The highest BCUT2D eigenvalue weighted by Crippen LogP contribution is 2.33. The van der Waals surface area contributed by atoms with E-state index >= 15 is 0 Å². The Kier molecular flexibility index (Phi) is 6.39. The summed E-state index contributed by atoms with van der Waals surface area (Å²) in [7, 11) is 0. The Balaban J connectivity index is 1.40. The minimum absolute atomic E-state index is 0.180. The van der Waals surface area contributed by atoms with Crippen LogP contribution in [-0.4, -0.2) is 30.7 Å². The van der Waals surface area contributed by atoms with Gasteiger partial charge in [-0.15, -0.1) is 0 Å². The van der Waals surface area contributed by atoms with Gasteiger partial charge < -0.3 is 24.8 Å². The van der Waals surface area contributed by atoms with E-state index in [2.05, 4.69) is 10.6 Å². The van der Waals surface area contributed by atoms with Gasteiger partial charge in [0.25, 0.3) is 5.91 Å². The molecule has 0 radical (unpaired) electrons. The predicted molar refractivity (Wildman–Crippen MR) is 136 cm³/mol. The number of para-hydroxylation sites is 1. The monoisotopic (exact) mass is 469 g/mol. The van der Waals surface area contributed by atoms with Gasteiger partial charge in [-0.05, 0) is 67.9 Å². The van der Waals surface area contributed by atoms with E-state index < -0.39 is 0 Å². The van der Waals surface area contributed by atoms with Crippen LogP contribution in [0.4, 0.5) is 11.5 Å². The molecule has 5 rings (SSSR count). The Labute approximate surface area is 204 Å². The molecule has 0 bridgehead atoms. The number of nitrogens with zero attached hydrogens (tertiary/aromatic N) is 1. The van der Waals surface area contributed by atoms with Gasteiger partial charge >= 0.3 is 0 Å². The lowest BCUT2D eigenvalue weighted by Gasteiger charge is -2.21. The number of anilines is 2. The van der Waals surface area contributed by atoms with Crippen molar-refractivity contribution >= 4 is 28.3 Å². The van der Waals surface area contributed by atoms with E-state index in [1.807, 2.05) is 80.6 Å². The maximum Gasteiger partial charge on any atom is 0.252 e. The third-order valence-electron chi connectivity index (χ3n) is 5.81. The molecule has 7 nitrogen and oxygen atoms in total. The van der Waals surface area contributed by atoms with Crippen molar-refractivity contribution in [2.75, 3.05) is 25.1 Å². The molecule has 178 valence electrons. The number of rotatable bonds is 7. The van der Waals surface area contributed by atoms with Gasteiger partial charge in [0, 0.05) is 11.1 Å². The quantitative estimate of drug-likeness (QED) is 0.365. The molecule has 0 fully saturated rings. The number of ether oxygens (including phenoxy) is 3. The molecule has 1 atom stereocenters. The lowest BCUT2D eigenvalue weighted by molar-refractivity contribution is 0.0941. The van der Waals surface area contributed by atoms with Crippen molar-refractivity contribution in [3.63, 3.8) is 0 Å². The molecule has 1 aromatic heterocycles. The number of pyridine rings is 1. The predicted octanol–water partition coefficient (Wildman–Crippen LogP) is 5.64. The fraction of sp³-hybridized carbons (Fsp3) is 0.214. The normalized spacial score (nSPS) is 13.2. The fourth-order valence-electron chi connectivity index (χ4n) is 4.06. The number of nitrogens with one attached hydrogen (secondary N) is 2. The lowest BCUT2D eigenvalue weighted by Crippen LogP contribution is -2.27. The Morgan fingerprint density at radius 1 is 1.00 bits per heavy atom. The van der Waals surface area contributed by atoms with Crippen LogP contribution in [0.5, 0.6) is 17.2 Å². The molecule has 2 heterocycles. The van der Waals surface area contributed by atoms with E-state index in [0.717, 1.165) is 33.7 Å². The maximum absolute atomic E-state index is 13.4. The van der Waals surface area contributed by atoms with E-state index in [9.17, 15) is 4.79 Å². The molecule has 1 unspecified atom stereocenters. The number of fused-ring (bicyclic) bond motifs is 2. The highest BCUT2D eigenvalue weighted by atomic mass is 16.6. The van der Waals surface area contributed by atoms with Crippen LogP contribution in [0.15, 0.2) is 72.8 Å². The van der Waals surface area contributed by atoms with Crippen molar-refractivity contribution in [3.05, 3.63) is 83.9 Å². The number of benzene rings is 3. The average molecular weight is 470 g/mol. The van der Waals surface area contributed by atoms with Crippen molar-refractivity contribution in [1.29, 1.82) is 0 Å². The minimum atomic E-state index is -0.229. The molecule has 3 aromatic carbocycles. The van der Waals surface area contributed by atoms with E-state index in [0.29, 0.717) is 37.0 Å². The first-order chi connectivity index (χ1) is 17.1. The summed E-state index contributed by atoms with van der Waals surface area (Å²) in [4.78, 5) is 18.1. The topological polar surface area (TPSA) is 81.7 Å². The van der Waals surface area contributed by atoms with E-state index in [-0.39, 0.29) is 11.9 Å². The van der Waals surface area contributed by atoms with Gasteiger partial charge in [-0.1, -0.05) is 24.3 Å². The van der Waals surface area contributed by atoms with Crippen molar-refractivity contribution in [2.24, 2.45) is 0 Å². The zero-order valence-corrected chi connectivity index (χ0v) is 19.7. The number of hydrogen-bond acceptors (Lipinski definition) is 6. The van der Waals surface area contributed by atoms with Crippen LogP contribution in [0.3, 0.4) is 0 Å². The number of hydrogen-bond donors (Lipinski definition) is 2. The lowest BCUT2D eigenvalue weighted by atomic mass is 10.0. The molecule has 1 aliphatic heterocycles. The molecule has 1 amide bonds. The standard InChI is InChI=1S/C28H27N3O4/c1-3-33-21-11-9-20(10-12-21)30-27-17-23(22-6-4-5-7-24(22)31-27)28(32)29-18(2)19-8-13-25-26(16-19)35-15-14-34-25/h4-13,16-18H,3,14-15H2,1-2H3,(H,29,32)(H,30,31). The summed E-state index contributed by atoms with van der Waals surface area (Å²) in [6.45, 7) is 5.57. The first kappa shape index (κ1) is 22.5. The zero-order valence-electron chi connectivity index (χ0n) is 19.7. The smallest absolute Gasteiger partial charge is 0.252 e. The third-order valence-corrected chi connectivity index (χ3v) is 5.81. The van der Waals surface area contributed by atoms with E-state index in [1.165, 1.54) is 0 Å². The second-order valence-electron chi connectivity index (χ2n) is 8.25. The second-order valence-corrected chi connectivity index (χ2v) is 8.25. The molecule has 0 aliphatic carbocycles. The first-order valence-corrected chi connectivity index (χ1v) is 11.7. The zero-order chi connectivity index (χ0) is 24.2. The number of aromatic nitrogens is 1. The summed E-state index contributed by atoms with van der Waals surface area (Å²) < 4.78 is 16.8. The van der Waals surface area contributed by atoms with Crippen molar-refractivity contribution in [1.82, 2.24) is 10.3 Å². The number of amides is 1. The van der Waals surface area contributed by atoms with E-state index in [1.54, 1.807) is 6.07 Å². The highest BCUT2D eigenvalue weighted by Gasteiger charge is 2.19. The fourth-order valence-corrected chi connectivity index (χ4v) is 4.06. The van der Waals surface area contributed by atoms with Crippen LogP contribution in [0.1, 0.15) is 35.8 Å². The van der Waals surface area contributed by atoms with Gasteiger partial charge in [-0.2, -0.15) is 0 Å². The van der Waals surface area contributed by atoms with Crippen molar-refractivity contribution in [2.45, 2.75) is 19.9 Å². The first-order valence-electron chi connectivity index (χ1n) is 11.7. The minimum Gasteiger partial charge on any atom is -0.494 e. The van der Waals surface area contributed by atoms with Gasteiger partial charge in [-0.25, -0.2) is 4.98 Å². The molecule has 0 saturated carbocycles. The summed E-state index contributed by atoms with van der Waals surface area (Å²) in [6.07, 6.45) is 0. The molecule has 2 N–H and O–H groups in total. The summed E-state index contributed by atoms with van der Waals surface area (Å²) in [5.74, 6) is 2.64. The molecular formula is C28H27N3O4. The van der Waals surface area contributed by atoms with E-state index in [4.69, 9.17) is 19.2 Å². The van der Waals surface area contributed by atoms with Crippen LogP contribution in [0, 0.1) is 0 Å². The largest absolute Gasteiger partial charge is 0.494 e. The van der Waals surface area contributed by atoms with Crippen molar-refractivity contribution in [3.8, 4) is 17.2 Å². The van der Waals surface area contributed by atoms with Gasteiger partial charge in [0.15, 0.2) is 11.5 Å². The Morgan fingerprint density at radius 2 is 1.77 bits per heavy atom. The number of carbonyl (C=O) groups excluding carboxylic acids is 1. The number of carbonyl (C=O) groups is 1. The Morgan fingerprint density at radius 3 is 2.57 bits per heavy atom. The molecule has 1 aliphatic rings. The molecule has 0 spiro atoms. The highest BCUT2D eigenvalue weighted by molar-refractivity contribution is 6.07. The third kappa shape index (κ3) is 4.99.